The topological polar surface area (TPSA) is 176 Å². The van der Waals surface area contributed by atoms with Crippen LogP contribution in [0.2, 0.25) is 0 Å². The van der Waals surface area contributed by atoms with Crippen molar-refractivity contribution in [2.24, 2.45) is 0 Å². The number of para-hydroxylation sites is 1. The number of urea groups is 1. The van der Waals surface area contributed by atoms with Crippen LogP contribution in [0, 0.1) is 12.7 Å². The lowest BCUT2D eigenvalue weighted by atomic mass is 9.95. The number of hydrogen-bond donors (Lipinski definition) is 3. The minimum Gasteiger partial charge on any atom is -0.485 e. The highest BCUT2D eigenvalue weighted by atomic mass is 19.3. The molecule has 2 saturated heterocycles. The predicted octanol–water partition coefficient (Wildman–Crippen LogP) is 8.75. The number of halogens is 3. The van der Waals surface area contributed by atoms with Crippen molar-refractivity contribution in [1.82, 2.24) is 24.6 Å². The number of amides is 4. The maximum atomic E-state index is 14.2. The molecule has 2 aliphatic heterocycles. The van der Waals surface area contributed by atoms with Crippen LogP contribution >= 0.6 is 0 Å². The Hall–Kier alpha value is -8.08. The average molecular weight is 882 g/mol. The molecular formula is C48H38F3N7O7. The predicted molar refractivity (Wildman–Crippen MR) is 233 cm³/mol. The molecule has 1 aliphatic carbocycles. The minimum absolute atomic E-state index is 0.00710. The van der Waals surface area contributed by atoms with Crippen LogP contribution in [0.5, 0.6) is 17.2 Å². The van der Waals surface area contributed by atoms with Crippen LogP contribution in [0.4, 0.5) is 34.3 Å². The number of carbonyl (C=O) groups excluding carboxylic acids is 3. The second-order valence-corrected chi connectivity index (χ2v) is 16.1. The summed E-state index contributed by atoms with van der Waals surface area (Å²) in [6.45, 7) is 0.745. The van der Waals surface area contributed by atoms with Crippen molar-refractivity contribution in [2.75, 3.05) is 30.3 Å². The number of rotatable bonds is 12. The van der Waals surface area contributed by atoms with Crippen LogP contribution in [-0.2, 0) is 4.79 Å². The first kappa shape index (κ1) is 41.0. The highest BCUT2D eigenvalue weighted by Crippen LogP contribution is 2.46. The molecule has 4 heterocycles. The molecule has 2 atom stereocenters. The van der Waals surface area contributed by atoms with Crippen LogP contribution in [-0.4, -0.2) is 91.7 Å². The van der Waals surface area contributed by atoms with Crippen LogP contribution < -0.4 is 20.1 Å². The van der Waals surface area contributed by atoms with Gasteiger partial charge in [-0.05, 0) is 89.7 Å². The van der Waals surface area contributed by atoms with E-state index in [1.165, 1.54) is 51.0 Å². The summed E-state index contributed by atoms with van der Waals surface area (Å²) in [5.74, 6) is -1.80. The van der Waals surface area contributed by atoms with E-state index >= 15 is 0 Å². The summed E-state index contributed by atoms with van der Waals surface area (Å²) >= 11 is 0. The van der Waals surface area contributed by atoms with Crippen molar-refractivity contribution >= 4 is 46.2 Å². The van der Waals surface area contributed by atoms with E-state index in [9.17, 15) is 37.5 Å². The Morgan fingerprint density at radius 2 is 1.63 bits per heavy atom. The highest BCUT2D eigenvalue weighted by Gasteiger charge is 2.54. The summed E-state index contributed by atoms with van der Waals surface area (Å²) in [5, 5.41) is 15.2. The smallest absolute Gasteiger partial charge is 0.407 e. The number of benzene rings is 5. The summed E-state index contributed by atoms with van der Waals surface area (Å²) in [6, 6.07) is 28.3. The Bertz CT molecular complexity index is 3030. The quantitative estimate of drug-likeness (QED) is 0.0800. The third kappa shape index (κ3) is 7.04. The number of nitrogens with zero attached hydrogens (tertiary/aromatic N) is 5. The van der Waals surface area contributed by atoms with E-state index in [4.69, 9.17) is 15.2 Å². The molecule has 2 aromatic heterocycles. The molecular weight excluding hydrogens is 844 g/mol. The molecule has 0 radical (unpaired) electrons. The van der Waals surface area contributed by atoms with Gasteiger partial charge in [-0.2, -0.15) is 5.10 Å². The molecule has 65 heavy (non-hydrogen) atoms. The lowest BCUT2D eigenvalue weighted by Crippen LogP contribution is -2.45. The zero-order valence-corrected chi connectivity index (χ0v) is 34.5. The number of carboxylic acid groups (broad SMARTS) is 1. The Kier molecular flexibility index (Phi) is 10.0. The van der Waals surface area contributed by atoms with Gasteiger partial charge in [-0.15, -0.1) is 0 Å². The van der Waals surface area contributed by atoms with Crippen molar-refractivity contribution in [2.45, 2.75) is 37.8 Å². The zero-order chi connectivity index (χ0) is 45.3. The number of ketones is 1. The number of anilines is 2. The first-order valence-corrected chi connectivity index (χ1v) is 20.7. The molecule has 4 amide bonds. The number of nitrogen functional groups attached to an aromatic ring is 1. The molecule has 0 spiro atoms. The fourth-order valence-corrected chi connectivity index (χ4v) is 9.28. The molecule has 17 heteroatoms. The largest absolute Gasteiger partial charge is 0.485 e. The first-order chi connectivity index (χ1) is 31.4. The van der Waals surface area contributed by atoms with E-state index in [1.807, 2.05) is 48.5 Å². The van der Waals surface area contributed by atoms with Crippen molar-refractivity contribution < 1.29 is 46.9 Å². The molecule has 0 saturated carbocycles. The Balaban J connectivity index is 0.900. The van der Waals surface area contributed by atoms with E-state index in [-0.39, 0.29) is 65.2 Å². The molecule has 328 valence electrons. The standard InChI is InChI=1S/C48H38F3N7O7/c1-25-16-28(65-41-13-7-6-12-35(41)49)14-15-38(25)58-45(52)33(21-53-58)44(59)37-17-26-18-42(64-24-43(50)51)39(20-36(26)54-37)57-46(60)40-19-27(22-56(40)47(57)61)55(48(62)63)23-34-31-10-4-2-8-29(31)30-9-3-5-11-32(30)34/h2-18,20-21,27,34,40,43,54H,19,22-24,52H2,1H3,(H,62,63)/t27-,40-/m0/s1. The molecule has 3 aliphatic rings. The normalized spacial score (nSPS) is 16.6. The van der Waals surface area contributed by atoms with E-state index in [0.29, 0.717) is 22.4 Å². The van der Waals surface area contributed by atoms with Gasteiger partial charge in [-0.1, -0.05) is 60.7 Å². The second-order valence-electron chi connectivity index (χ2n) is 16.1. The van der Waals surface area contributed by atoms with Gasteiger partial charge in [0.15, 0.2) is 11.6 Å². The average Bonchev–Trinajstić information content (AvgIpc) is 4.11. The third-order valence-electron chi connectivity index (χ3n) is 12.3. The van der Waals surface area contributed by atoms with Crippen LogP contribution in [0.1, 0.15) is 45.1 Å². The number of imide groups is 1. The van der Waals surface area contributed by atoms with Crippen LogP contribution in [0.25, 0.3) is 27.7 Å². The number of alkyl halides is 2. The lowest BCUT2D eigenvalue weighted by molar-refractivity contribution is -0.119. The van der Waals surface area contributed by atoms with E-state index in [1.54, 1.807) is 37.3 Å². The van der Waals surface area contributed by atoms with Crippen molar-refractivity contribution in [3.05, 3.63) is 149 Å². The van der Waals surface area contributed by atoms with Crippen LogP contribution in [0.15, 0.2) is 115 Å². The molecule has 0 unspecified atom stereocenters. The molecule has 7 aromatic rings. The summed E-state index contributed by atoms with van der Waals surface area (Å²) in [5.41, 5.74) is 11.9. The number of hydrogen-bond acceptors (Lipinski definition) is 8. The first-order valence-electron chi connectivity index (χ1n) is 20.7. The number of ether oxygens (including phenoxy) is 2. The number of aromatic nitrogens is 3. The maximum absolute atomic E-state index is 14.2. The number of aromatic amines is 1. The summed E-state index contributed by atoms with van der Waals surface area (Å²) in [7, 11) is 0. The van der Waals surface area contributed by atoms with E-state index in [0.717, 1.165) is 27.2 Å². The lowest BCUT2D eigenvalue weighted by Gasteiger charge is -2.30. The van der Waals surface area contributed by atoms with Gasteiger partial charge < -0.3 is 35.1 Å². The number of fused-ring (bicyclic) bond motifs is 5. The number of nitrogens with one attached hydrogen (secondary N) is 1. The second kappa shape index (κ2) is 15.9. The van der Waals surface area contributed by atoms with E-state index in [2.05, 4.69) is 10.1 Å². The van der Waals surface area contributed by atoms with Gasteiger partial charge in [-0.3, -0.25) is 9.59 Å². The van der Waals surface area contributed by atoms with Gasteiger partial charge in [-0.25, -0.2) is 32.3 Å². The van der Waals surface area contributed by atoms with Gasteiger partial charge in [0.1, 0.15) is 30.0 Å². The maximum Gasteiger partial charge on any atom is 0.407 e. The minimum atomic E-state index is -2.89. The molecule has 0 bridgehead atoms. The zero-order valence-electron chi connectivity index (χ0n) is 34.5. The summed E-state index contributed by atoms with van der Waals surface area (Å²) in [6.07, 6.45) is -2.77. The van der Waals surface area contributed by atoms with Crippen molar-refractivity contribution in [3.63, 3.8) is 0 Å². The fourth-order valence-electron chi connectivity index (χ4n) is 9.28. The molecule has 10 rings (SSSR count). The Labute approximate surface area is 368 Å². The molecule has 14 nitrogen and oxygen atoms in total. The van der Waals surface area contributed by atoms with Gasteiger partial charge >= 0.3 is 12.1 Å². The van der Waals surface area contributed by atoms with Gasteiger partial charge in [0.05, 0.1) is 34.9 Å². The highest BCUT2D eigenvalue weighted by molar-refractivity contribution is 6.23. The fraction of sp³-hybridized carbons (Fsp3) is 0.188. The Morgan fingerprint density at radius 3 is 2.31 bits per heavy atom. The molecule has 2 fully saturated rings. The van der Waals surface area contributed by atoms with Crippen molar-refractivity contribution in [1.29, 1.82) is 0 Å². The number of nitrogens with two attached hydrogens (primary N) is 1. The molecule has 5 aromatic carbocycles. The summed E-state index contributed by atoms with van der Waals surface area (Å²) in [4.78, 5) is 61.7. The van der Waals surface area contributed by atoms with E-state index < -0.39 is 54.7 Å². The Morgan fingerprint density at radius 1 is 0.923 bits per heavy atom. The SMILES string of the molecule is Cc1cc(Oc2ccccc2F)ccc1-n1ncc(C(=O)c2cc3cc(OCC(F)F)c(N4C(=O)[C@@H]5C[C@H](N(CC6c7ccccc7-c7ccccc76)C(=O)O)CN5C4=O)cc3[nH]2)c1N. The number of aryl methyl sites for hydroxylation is 1. The number of H-pyrrole nitrogens is 1. The van der Waals surface area contributed by atoms with Crippen molar-refractivity contribution in [3.8, 4) is 34.1 Å². The van der Waals surface area contributed by atoms with Gasteiger partial charge in [0.25, 0.3) is 12.3 Å². The van der Waals surface area contributed by atoms with Gasteiger partial charge in [0.2, 0.25) is 5.78 Å². The third-order valence-corrected chi connectivity index (χ3v) is 12.3. The monoisotopic (exact) mass is 881 g/mol. The summed E-state index contributed by atoms with van der Waals surface area (Å²) < 4.78 is 53.9. The number of carbonyl (C=O) groups is 4. The van der Waals surface area contributed by atoms with Gasteiger partial charge in [0, 0.05) is 29.9 Å². The van der Waals surface area contributed by atoms with Crippen LogP contribution in [0.3, 0.4) is 0 Å². The molecule has 4 N–H and O–H groups in total.